The van der Waals surface area contributed by atoms with Gasteiger partial charge in [-0.3, -0.25) is 14.9 Å². The van der Waals surface area contributed by atoms with Gasteiger partial charge in [-0.15, -0.1) is 0 Å². The first kappa shape index (κ1) is 17.1. The highest BCUT2D eigenvalue weighted by molar-refractivity contribution is 6.02. The number of non-ortho nitro benzene ring substituents is 1. The van der Waals surface area contributed by atoms with Gasteiger partial charge in [0.25, 0.3) is 0 Å². The Morgan fingerprint density at radius 3 is 2.62 bits per heavy atom. The first-order valence-corrected chi connectivity index (χ1v) is 7.71. The van der Waals surface area contributed by atoms with Crippen molar-refractivity contribution in [2.75, 3.05) is 5.32 Å². The molecule has 0 aliphatic heterocycles. The molecule has 130 valence electrons. The molecule has 0 radical (unpaired) electrons. The number of benzene rings is 2. The quantitative estimate of drug-likeness (QED) is 0.335. The largest absolute Gasteiger partial charge is 0.414 e. The van der Waals surface area contributed by atoms with E-state index in [1.165, 1.54) is 24.3 Å². The highest BCUT2D eigenvalue weighted by atomic mass is 16.6. The van der Waals surface area contributed by atoms with Crippen LogP contribution in [0.3, 0.4) is 0 Å². The standard InChI is InChI=1S/C19H14N2O5/c1-12-5-7-13(8-6-12)9-10-17(22)20-15-11-14-3-2-4-16(21(24)25)18(14)26-19(15)23/h2-11H,1H3,(H,20,22)/b10-9+. The maximum Gasteiger partial charge on any atom is 0.360 e. The molecule has 0 unspecified atom stereocenters. The lowest BCUT2D eigenvalue weighted by Gasteiger charge is -2.03. The monoisotopic (exact) mass is 350 g/mol. The minimum absolute atomic E-state index is 0.0865. The summed E-state index contributed by atoms with van der Waals surface area (Å²) in [5, 5.41) is 13.8. The van der Waals surface area contributed by atoms with Crippen LogP contribution in [0, 0.1) is 17.0 Å². The van der Waals surface area contributed by atoms with E-state index in [-0.39, 0.29) is 17.0 Å². The van der Waals surface area contributed by atoms with Gasteiger partial charge in [-0.05, 0) is 24.6 Å². The van der Waals surface area contributed by atoms with Gasteiger partial charge in [-0.25, -0.2) is 4.79 Å². The van der Waals surface area contributed by atoms with Crippen LogP contribution < -0.4 is 10.9 Å². The number of anilines is 1. The molecule has 7 heteroatoms. The van der Waals surface area contributed by atoms with Crippen molar-refractivity contribution in [3.8, 4) is 0 Å². The van der Waals surface area contributed by atoms with Crippen LogP contribution in [0.5, 0.6) is 0 Å². The Hall–Kier alpha value is -3.74. The molecule has 0 fully saturated rings. The smallest absolute Gasteiger partial charge is 0.360 e. The van der Waals surface area contributed by atoms with Crippen molar-refractivity contribution in [3.63, 3.8) is 0 Å². The molecule has 0 spiro atoms. The number of rotatable bonds is 4. The first-order valence-electron chi connectivity index (χ1n) is 7.71. The van der Waals surface area contributed by atoms with Crippen molar-refractivity contribution in [2.24, 2.45) is 0 Å². The number of para-hydroxylation sites is 1. The number of amides is 1. The second-order valence-corrected chi connectivity index (χ2v) is 5.63. The lowest BCUT2D eigenvalue weighted by molar-refractivity contribution is -0.383. The fourth-order valence-electron chi connectivity index (χ4n) is 2.38. The zero-order valence-electron chi connectivity index (χ0n) is 13.8. The van der Waals surface area contributed by atoms with Gasteiger partial charge in [-0.1, -0.05) is 42.0 Å². The Morgan fingerprint density at radius 2 is 1.92 bits per heavy atom. The van der Waals surface area contributed by atoms with Crippen LogP contribution in [0.1, 0.15) is 11.1 Å². The fourth-order valence-corrected chi connectivity index (χ4v) is 2.38. The Balaban J connectivity index is 1.85. The predicted octanol–water partition coefficient (Wildman–Crippen LogP) is 3.66. The van der Waals surface area contributed by atoms with Crippen molar-refractivity contribution >= 4 is 34.3 Å². The Morgan fingerprint density at radius 1 is 1.19 bits per heavy atom. The molecular weight excluding hydrogens is 336 g/mol. The molecule has 1 N–H and O–H groups in total. The van der Waals surface area contributed by atoms with E-state index in [4.69, 9.17) is 4.42 Å². The third-order valence-corrected chi connectivity index (χ3v) is 3.70. The molecule has 26 heavy (non-hydrogen) atoms. The molecule has 0 atom stereocenters. The third kappa shape index (κ3) is 3.67. The molecule has 2 aromatic carbocycles. The molecule has 3 rings (SSSR count). The van der Waals surface area contributed by atoms with E-state index in [9.17, 15) is 19.7 Å². The van der Waals surface area contributed by atoms with E-state index in [0.717, 1.165) is 11.1 Å². The highest BCUT2D eigenvalue weighted by Gasteiger charge is 2.16. The molecule has 1 aromatic heterocycles. The summed E-state index contributed by atoms with van der Waals surface area (Å²) in [5.74, 6) is -0.511. The summed E-state index contributed by atoms with van der Waals surface area (Å²) in [5.41, 5.74) is 0.564. The van der Waals surface area contributed by atoms with Gasteiger partial charge >= 0.3 is 11.3 Å². The summed E-state index contributed by atoms with van der Waals surface area (Å²) in [4.78, 5) is 34.4. The maximum absolute atomic E-state index is 12.0. The number of nitrogens with one attached hydrogen (secondary N) is 1. The lowest BCUT2D eigenvalue weighted by Crippen LogP contribution is -2.15. The van der Waals surface area contributed by atoms with Crippen LogP contribution in [0.4, 0.5) is 11.4 Å². The minimum atomic E-state index is -0.858. The van der Waals surface area contributed by atoms with E-state index in [2.05, 4.69) is 5.32 Å². The summed E-state index contributed by atoms with van der Waals surface area (Å²) < 4.78 is 5.03. The molecule has 1 amide bonds. The topological polar surface area (TPSA) is 102 Å². The number of nitro benzene ring substituents is 1. The van der Waals surface area contributed by atoms with Gasteiger partial charge in [0.2, 0.25) is 11.5 Å². The third-order valence-electron chi connectivity index (χ3n) is 3.70. The molecule has 7 nitrogen and oxygen atoms in total. The molecule has 0 aliphatic rings. The van der Waals surface area contributed by atoms with E-state index < -0.39 is 16.5 Å². The minimum Gasteiger partial charge on any atom is -0.414 e. The van der Waals surface area contributed by atoms with Gasteiger partial charge in [0, 0.05) is 17.5 Å². The predicted molar refractivity (Wildman–Crippen MR) is 98.0 cm³/mol. The van der Waals surface area contributed by atoms with Crippen LogP contribution in [0.2, 0.25) is 0 Å². The van der Waals surface area contributed by atoms with Crippen molar-refractivity contribution in [3.05, 3.63) is 86.3 Å². The van der Waals surface area contributed by atoms with Gasteiger partial charge in [0.05, 0.1) is 4.92 Å². The molecule has 0 aliphatic carbocycles. The van der Waals surface area contributed by atoms with Crippen molar-refractivity contribution in [1.29, 1.82) is 0 Å². The SMILES string of the molecule is Cc1ccc(/C=C/C(=O)Nc2cc3cccc([N+](=O)[O-])c3oc2=O)cc1. The van der Waals surface area contributed by atoms with Gasteiger partial charge in [0.1, 0.15) is 5.69 Å². The molecule has 0 saturated carbocycles. The van der Waals surface area contributed by atoms with Crippen LogP contribution in [-0.2, 0) is 4.79 Å². The average molecular weight is 350 g/mol. The highest BCUT2D eigenvalue weighted by Crippen LogP contribution is 2.25. The zero-order valence-corrected chi connectivity index (χ0v) is 13.8. The van der Waals surface area contributed by atoms with E-state index in [1.807, 2.05) is 31.2 Å². The van der Waals surface area contributed by atoms with E-state index >= 15 is 0 Å². The summed E-state index contributed by atoms with van der Waals surface area (Å²) in [7, 11) is 0. The maximum atomic E-state index is 12.0. The van der Waals surface area contributed by atoms with Crippen molar-refractivity contribution < 1.29 is 14.1 Å². The van der Waals surface area contributed by atoms with Gasteiger partial charge < -0.3 is 9.73 Å². The molecule has 0 saturated heterocycles. The number of carbonyl (C=O) groups excluding carboxylic acids is 1. The first-order chi connectivity index (χ1) is 12.4. The molecule has 1 heterocycles. The summed E-state index contributed by atoms with van der Waals surface area (Å²) in [6, 6.07) is 13.2. The second-order valence-electron chi connectivity index (χ2n) is 5.63. The van der Waals surface area contributed by atoms with Crippen LogP contribution >= 0.6 is 0 Å². The number of fused-ring (bicyclic) bond motifs is 1. The van der Waals surface area contributed by atoms with Crippen molar-refractivity contribution in [1.82, 2.24) is 0 Å². The van der Waals surface area contributed by atoms with Gasteiger partial charge in [-0.2, -0.15) is 0 Å². The van der Waals surface area contributed by atoms with Crippen LogP contribution in [0.25, 0.3) is 17.0 Å². The number of nitrogens with zero attached hydrogens (tertiary/aromatic N) is 1. The number of carbonyl (C=O) groups is 1. The van der Waals surface area contributed by atoms with Crippen LogP contribution in [-0.4, -0.2) is 10.8 Å². The average Bonchev–Trinajstić information content (AvgIpc) is 2.61. The van der Waals surface area contributed by atoms with Crippen molar-refractivity contribution in [2.45, 2.75) is 6.92 Å². The van der Waals surface area contributed by atoms with E-state index in [0.29, 0.717) is 5.39 Å². The number of aryl methyl sites for hydroxylation is 1. The van der Waals surface area contributed by atoms with Gasteiger partial charge in [0.15, 0.2) is 0 Å². The molecule has 3 aromatic rings. The Labute approximate surface area is 147 Å². The Bertz CT molecular complexity index is 1080. The molecular formula is C19H14N2O5. The zero-order chi connectivity index (χ0) is 18.7. The summed E-state index contributed by atoms with van der Waals surface area (Å²) >= 11 is 0. The second kappa shape index (κ2) is 7.02. The lowest BCUT2D eigenvalue weighted by atomic mass is 10.1. The number of nitro groups is 1. The normalized spacial score (nSPS) is 11.0. The Kier molecular flexibility index (Phi) is 4.62. The molecule has 0 bridgehead atoms. The summed E-state index contributed by atoms with van der Waals surface area (Å²) in [6.07, 6.45) is 2.91. The summed E-state index contributed by atoms with van der Waals surface area (Å²) in [6.45, 7) is 1.96. The fraction of sp³-hybridized carbons (Fsp3) is 0.0526. The van der Waals surface area contributed by atoms with Crippen LogP contribution in [0.15, 0.2) is 63.8 Å². The number of hydrogen-bond acceptors (Lipinski definition) is 5. The van der Waals surface area contributed by atoms with E-state index in [1.54, 1.807) is 12.1 Å². The number of hydrogen-bond donors (Lipinski definition) is 1.